The number of likely N-dealkylation sites (tertiary alicyclic amines) is 1. The lowest BCUT2D eigenvalue weighted by molar-refractivity contribution is -0.137. The number of fused-ring (bicyclic) bond motifs is 1. The molecule has 1 unspecified atom stereocenters. The first kappa shape index (κ1) is 20.9. The first-order valence-corrected chi connectivity index (χ1v) is 10.6. The number of rotatable bonds is 6. The normalized spacial score (nSPS) is 17.5. The van der Waals surface area contributed by atoms with Gasteiger partial charge in [-0.2, -0.15) is 0 Å². The summed E-state index contributed by atoms with van der Waals surface area (Å²) in [5.74, 6) is -1.05. The molecular formula is C21H22Cl2N4O3. The number of hydrogen-bond acceptors (Lipinski definition) is 4. The number of imidazole rings is 1. The van der Waals surface area contributed by atoms with E-state index in [1.54, 1.807) is 29.0 Å². The van der Waals surface area contributed by atoms with Gasteiger partial charge in [0.25, 0.3) is 0 Å². The number of halogens is 2. The lowest BCUT2D eigenvalue weighted by Gasteiger charge is -2.33. The molecule has 9 heteroatoms. The predicted molar refractivity (Wildman–Crippen MR) is 117 cm³/mol. The number of carboxylic acids is 1. The van der Waals surface area contributed by atoms with Gasteiger partial charge in [0.2, 0.25) is 0 Å². The Kier molecular flexibility index (Phi) is 6.13. The zero-order valence-electron chi connectivity index (χ0n) is 16.3. The van der Waals surface area contributed by atoms with Crippen LogP contribution in [0.15, 0.2) is 41.3 Å². The average Bonchev–Trinajstić information content (AvgIpc) is 2.99. The molecule has 3 aromatic rings. The maximum atomic E-state index is 13.1. The van der Waals surface area contributed by atoms with E-state index in [1.807, 2.05) is 12.1 Å². The molecule has 1 saturated heterocycles. The summed E-state index contributed by atoms with van der Waals surface area (Å²) in [6.45, 7) is 2.08. The minimum absolute atomic E-state index is 0.0561. The van der Waals surface area contributed by atoms with Crippen molar-refractivity contribution >= 4 is 40.3 Å². The summed E-state index contributed by atoms with van der Waals surface area (Å²) in [6.07, 6.45) is 4.22. The second-order valence-corrected chi connectivity index (χ2v) is 8.40. The molecule has 3 heterocycles. The molecule has 0 aliphatic carbocycles. The summed E-state index contributed by atoms with van der Waals surface area (Å²) < 4.78 is 2.96. The Balaban J connectivity index is 1.56. The molecule has 2 aromatic heterocycles. The van der Waals surface area contributed by atoms with Gasteiger partial charge in [-0.1, -0.05) is 29.3 Å². The minimum atomic E-state index is -1.05. The van der Waals surface area contributed by atoms with Gasteiger partial charge in [-0.15, -0.1) is 0 Å². The first-order chi connectivity index (χ1) is 14.4. The monoisotopic (exact) mass is 448 g/mol. The minimum Gasteiger partial charge on any atom is -0.480 e. The van der Waals surface area contributed by atoms with Crippen molar-refractivity contribution in [2.45, 2.75) is 31.8 Å². The highest BCUT2D eigenvalue weighted by molar-refractivity contribution is 6.35. The Bertz CT molecular complexity index is 1140. The highest BCUT2D eigenvalue weighted by atomic mass is 35.5. The Labute approximate surface area is 183 Å². The average molecular weight is 449 g/mol. The molecule has 0 amide bonds. The zero-order valence-corrected chi connectivity index (χ0v) is 17.8. The molecule has 4 rings (SSSR count). The van der Waals surface area contributed by atoms with Crippen LogP contribution in [0.4, 0.5) is 0 Å². The maximum absolute atomic E-state index is 13.1. The topological polar surface area (TPSA) is 80.4 Å². The smallest absolute Gasteiger partial charge is 0.331 e. The fourth-order valence-corrected chi connectivity index (χ4v) is 4.68. The number of benzene rings is 1. The van der Waals surface area contributed by atoms with Crippen LogP contribution in [0, 0.1) is 0 Å². The van der Waals surface area contributed by atoms with E-state index in [9.17, 15) is 14.7 Å². The van der Waals surface area contributed by atoms with Crippen molar-refractivity contribution in [2.24, 2.45) is 0 Å². The van der Waals surface area contributed by atoms with Crippen LogP contribution < -0.4 is 5.69 Å². The number of aliphatic carboxylic acids is 1. The van der Waals surface area contributed by atoms with E-state index in [0.717, 1.165) is 37.9 Å². The molecule has 1 aromatic carbocycles. The second kappa shape index (κ2) is 8.79. The highest BCUT2D eigenvalue weighted by Gasteiger charge is 2.27. The van der Waals surface area contributed by atoms with E-state index in [1.165, 1.54) is 4.57 Å². The zero-order chi connectivity index (χ0) is 21.3. The fourth-order valence-electron chi connectivity index (χ4n) is 4.17. The van der Waals surface area contributed by atoms with Crippen molar-refractivity contribution in [1.82, 2.24) is 19.0 Å². The number of carbonyl (C=O) groups is 1. The molecule has 0 spiro atoms. The number of aromatic nitrogens is 3. The molecule has 1 N–H and O–H groups in total. The van der Waals surface area contributed by atoms with E-state index in [0.29, 0.717) is 27.8 Å². The van der Waals surface area contributed by atoms with Crippen LogP contribution in [0.5, 0.6) is 0 Å². The lowest BCUT2D eigenvalue weighted by atomic mass is 10.0. The molecule has 1 aliphatic rings. The Morgan fingerprint density at radius 1 is 1.27 bits per heavy atom. The lowest BCUT2D eigenvalue weighted by Crippen LogP contribution is -2.41. The van der Waals surface area contributed by atoms with Crippen LogP contribution in [0.3, 0.4) is 0 Å². The molecular weight excluding hydrogens is 427 g/mol. The highest BCUT2D eigenvalue weighted by Crippen LogP contribution is 2.26. The van der Waals surface area contributed by atoms with E-state index in [2.05, 4.69) is 9.88 Å². The van der Waals surface area contributed by atoms with Gasteiger partial charge in [-0.3, -0.25) is 13.9 Å². The van der Waals surface area contributed by atoms with Gasteiger partial charge in [0.05, 0.1) is 11.6 Å². The molecule has 0 radical (unpaired) electrons. The van der Waals surface area contributed by atoms with Crippen LogP contribution in [0.1, 0.15) is 24.4 Å². The van der Waals surface area contributed by atoms with Gasteiger partial charge >= 0.3 is 11.7 Å². The predicted octanol–water partition coefficient (Wildman–Crippen LogP) is 3.47. The number of pyridine rings is 1. The summed E-state index contributed by atoms with van der Waals surface area (Å²) in [5, 5.41) is 10.5. The molecule has 1 fully saturated rings. The first-order valence-electron chi connectivity index (χ1n) is 9.88. The Morgan fingerprint density at radius 3 is 2.87 bits per heavy atom. The second-order valence-electron chi connectivity index (χ2n) is 7.56. The van der Waals surface area contributed by atoms with E-state index < -0.39 is 5.97 Å². The van der Waals surface area contributed by atoms with Gasteiger partial charge in [-0.25, -0.2) is 9.78 Å². The molecule has 7 nitrogen and oxygen atoms in total. The third-order valence-electron chi connectivity index (χ3n) is 5.57. The summed E-state index contributed by atoms with van der Waals surface area (Å²) in [4.78, 5) is 31.0. The SMILES string of the molecule is O=C(O)Cn1c(=O)n(C2CCCN(CCc3ccc(Cl)cc3Cl)C2)c2ncccc21. The Hall–Kier alpha value is -2.35. The molecule has 158 valence electrons. The Morgan fingerprint density at radius 2 is 2.10 bits per heavy atom. The van der Waals surface area contributed by atoms with Crippen LogP contribution in [-0.4, -0.2) is 49.7 Å². The van der Waals surface area contributed by atoms with Gasteiger partial charge in [0, 0.05) is 29.3 Å². The van der Waals surface area contributed by atoms with Crippen molar-refractivity contribution in [3.8, 4) is 0 Å². The van der Waals surface area contributed by atoms with Crippen molar-refractivity contribution in [2.75, 3.05) is 19.6 Å². The molecule has 0 saturated carbocycles. The van der Waals surface area contributed by atoms with E-state index >= 15 is 0 Å². The molecule has 1 atom stereocenters. The standard InChI is InChI=1S/C21H22Cl2N4O3/c22-15-6-5-14(17(23)11-15)7-10-25-9-2-3-16(12-25)27-20-18(4-1-8-24-20)26(21(27)30)13-19(28)29/h1,4-6,8,11,16H,2-3,7,9-10,12-13H2,(H,28,29). The number of nitrogens with zero attached hydrogens (tertiary/aromatic N) is 4. The largest absolute Gasteiger partial charge is 0.480 e. The van der Waals surface area contributed by atoms with Crippen molar-refractivity contribution < 1.29 is 9.90 Å². The fraction of sp³-hybridized carbons (Fsp3) is 0.381. The third kappa shape index (κ3) is 4.24. The summed E-state index contributed by atoms with van der Waals surface area (Å²) >= 11 is 12.3. The van der Waals surface area contributed by atoms with Gasteiger partial charge < -0.3 is 10.0 Å². The van der Waals surface area contributed by atoms with Crippen LogP contribution in [0.2, 0.25) is 10.0 Å². The summed E-state index contributed by atoms with van der Waals surface area (Å²) in [5.41, 5.74) is 1.81. The van der Waals surface area contributed by atoms with Crippen LogP contribution in [-0.2, 0) is 17.8 Å². The van der Waals surface area contributed by atoms with Crippen LogP contribution >= 0.6 is 23.2 Å². The van der Waals surface area contributed by atoms with Crippen molar-refractivity contribution in [1.29, 1.82) is 0 Å². The third-order valence-corrected chi connectivity index (χ3v) is 6.16. The van der Waals surface area contributed by atoms with E-state index in [4.69, 9.17) is 23.2 Å². The number of carboxylic acid groups (broad SMARTS) is 1. The van der Waals surface area contributed by atoms with Gasteiger partial charge in [0.1, 0.15) is 6.54 Å². The van der Waals surface area contributed by atoms with Gasteiger partial charge in [-0.05, 0) is 55.6 Å². The van der Waals surface area contributed by atoms with Crippen LogP contribution in [0.25, 0.3) is 11.2 Å². The maximum Gasteiger partial charge on any atom is 0.331 e. The summed E-state index contributed by atoms with van der Waals surface area (Å²) in [7, 11) is 0. The summed E-state index contributed by atoms with van der Waals surface area (Å²) in [6, 6.07) is 8.93. The molecule has 0 bridgehead atoms. The van der Waals surface area contributed by atoms with Gasteiger partial charge in [0.15, 0.2) is 5.65 Å². The van der Waals surface area contributed by atoms with E-state index in [-0.39, 0.29) is 18.3 Å². The van der Waals surface area contributed by atoms with Crippen molar-refractivity contribution in [3.05, 3.63) is 62.6 Å². The quantitative estimate of drug-likeness (QED) is 0.624. The number of piperidine rings is 1. The number of hydrogen-bond donors (Lipinski definition) is 1. The van der Waals surface area contributed by atoms with Crippen molar-refractivity contribution in [3.63, 3.8) is 0 Å². The molecule has 1 aliphatic heterocycles. The molecule has 30 heavy (non-hydrogen) atoms.